The first-order chi connectivity index (χ1) is 13.7. The molecule has 0 heterocycles. The van der Waals surface area contributed by atoms with Crippen LogP contribution >= 0.6 is 0 Å². The summed E-state index contributed by atoms with van der Waals surface area (Å²) in [4.78, 5) is 12.8. The molecule has 1 aromatic carbocycles. The number of hydrogen-bond acceptors (Lipinski definition) is 5. The van der Waals surface area contributed by atoms with Crippen LogP contribution in [0, 0.1) is 5.92 Å². The predicted molar refractivity (Wildman–Crippen MR) is 114 cm³/mol. The van der Waals surface area contributed by atoms with Gasteiger partial charge >= 0.3 is 5.97 Å². The fourth-order valence-electron chi connectivity index (χ4n) is 4.01. The number of phenolic OH excluding ortho intramolecular Hbond substituents is 2. The number of aliphatic hydroxyl groups excluding tert-OH is 1. The number of aromatic hydroxyl groups is 2. The van der Waals surface area contributed by atoms with Gasteiger partial charge in [-0.25, -0.2) is 4.79 Å². The van der Waals surface area contributed by atoms with Crippen molar-refractivity contribution in [3.63, 3.8) is 0 Å². The average molecular weight is 403 g/mol. The number of hydrogen-bond donors (Lipinski definition) is 3. The Morgan fingerprint density at radius 2 is 2.03 bits per heavy atom. The highest BCUT2D eigenvalue weighted by molar-refractivity contribution is 5.95. The first kappa shape index (κ1) is 23.0. The number of rotatable bonds is 8. The van der Waals surface area contributed by atoms with Gasteiger partial charge in [0.25, 0.3) is 0 Å². The van der Waals surface area contributed by atoms with E-state index in [1.54, 1.807) is 13.0 Å². The van der Waals surface area contributed by atoms with Crippen molar-refractivity contribution in [1.29, 1.82) is 0 Å². The molecule has 1 aliphatic carbocycles. The maximum absolute atomic E-state index is 12.8. The van der Waals surface area contributed by atoms with Crippen molar-refractivity contribution in [1.82, 2.24) is 0 Å². The maximum Gasteiger partial charge on any atom is 0.342 e. The summed E-state index contributed by atoms with van der Waals surface area (Å²) in [5.41, 5.74) is 3.13. The third kappa shape index (κ3) is 5.21. The Labute approximate surface area is 173 Å². The van der Waals surface area contributed by atoms with Crippen LogP contribution in [0.1, 0.15) is 80.8 Å². The van der Waals surface area contributed by atoms with Crippen LogP contribution in [-0.4, -0.2) is 34.0 Å². The summed E-state index contributed by atoms with van der Waals surface area (Å²) in [7, 11) is 0. The molecule has 1 aromatic rings. The molecule has 0 bridgehead atoms. The van der Waals surface area contributed by atoms with E-state index in [4.69, 9.17) is 4.74 Å². The molecule has 1 aliphatic rings. The van der Waals surface area contributed by atoms with E-state index in [0.717, 1.165) is 24.8 Å². The highest BCUT2D eigenvalue weighted by Gasteiger charge is 2.33. The number of allylic oxidation sites excluding steroid dienone is 3. The number of phenols is 2. The van der Waals surface area contributed by atoms with Crippen LogP contribution < -0.4 is 0 Å². The Hall–Kier alpha value is -2.27. The second-order valence-electron chi connectivity index (χ2n) is 8.13. The molecule has 5 nitrogen and oxygen atoms in total. The summed E-state index contributed by atoms with van der Waals surface area (Å²) in [5, 5.41) is 31.6. The van der Waals surface area contributed by atoms with Gasteiger partial charge in [0.1, 0.15) is 23.7 Å². The molecule has 0 aromatic heterocycles. The lowest BCUT2D eigenvalue weighted by molar-refractivity contribution is 0.0246. The molecular weight excluding hydrogens is 368 g/mol. The normalized spacial score (nSPS) is 20.1. The zero-order valence-corrected chi connectivity index (χ0v) is 18.0. The number of esters is 1. The van der Waals surface area contributed by atoms with Crippen molar-refractivity contribution in [3.8, 4) is 11.5 Å². The van der Waals surface area contributed by atoms with E-state index in [1.807, 2.05) is 26.8 Å². The van der Waals surface area contributed by atoms with Crippen LogP contribution in [-0.2, 0) is 11.2 Å². The predicted octanol–water partition coefficient (Wildman–Crippen LogP) is 4.99. The molecule has 5 heteroatoms. The molecule has 0 fully saturated rings. The van der Waals surface area contributed by atoms with Crippen LogP contribution in [0.4, 0.5) is 0 Å². The van der Waals surface area contributed by atoms with Crippen molar-refractivity contribution in [3.05, 3.63) is 46.6 Å². The van der Waals surface area contributed by atoms with Crippen molar-refractivity contribution in [2.45, 2.75) is 71.8 Å². The zero-order valence-electron chi connectivity index (χ0n) is 18.0. The zero-order chi connectivity index (χ0) is 21.7. The summed E-state index contributed by atoms with van der Waals surface area (Å²) in [6.07, 6.45) is 4.84. The number of ether oxygens (including phenoxy) is 1. The third-order valence-corrected chi connectivity index (χ3v) is 5.72. The second kappa shape index (κ2) is 9.97. The van der Waals surface area contributed by atoms with Gasteiger partial charge in [-0.05, 0) is 57.1 Å². The largest absolute Gasteiger partial charge is 0.507 e. The molecule has 0 aliphatic heterocycles. The van der Waals surface area contributed by atoms with Crippen molar-refractivity contribution < 1.29 is 24.9 Å². The molecule has 3 N–H and O–H groups in total. The standard InChI is InChI=1S/C24H34O5/c1-6-8-16-12-20(26)22(19-11-15(5)9-10-18(19)14(3)4)23(27)21(16)24(28)29-13-17(25)7-2/h11-12,17-19,25-27H,3,6-10,13H2,1-2,4-5H3. The summed E-state index contributed by atoms with van der Waals surface area (Å²) < 4.78 is 5.26. The van der Waals surface area contributed by atoms with E-state index in [2.05, 4.69) is 6.58 Å². The lowest BCUT2D eigenvalue weighted by Crippen LogP contribution is -2.21. The summed E-state index contributed by atoms with van der Waals surface area (Å²) >= 11 is 0. The van der Waals surface area contributed by atoms with E-state index in [-0.39, 0.29) is 35.5 Å². The van der Waals surface area contributed by atoms with Crippen LogP contribution in [0.3, 0.4) is 0 Å². The lowest BCUT2D eigenvalue weighted by atomic mass is 9.73. The van der Waals surface area contributed by atoms with Gasteiger partial charge < -0.3 is 20.1 Å². The number of aliphatic hydroxyl groups is 1. The summed E-state index contributed by atoms with van der Waals surface area (Å²) in [6, 6.07) is 1.57. The van der Waals surface area contributed by atoms with E-state index in [1.165, 1.54) is 5.57 Å². The Kier molecular flexibility index (Phi) is 7.91. The minimum Gasteiger partial charge on any atom is -0.507 e. The Balaban J connectivity index is 2.57. The van der Waals surface area contributed by atoms with Gasteiger partial charge in [0.15, 0.2) is 0 Å². The van der Waals surface area contributed by atoms with Crippen LogP contribution in [0.15, 0.2) is 29.9 Å². The second-order valence-corrected chi connectivity index (χ2v) is 8.13. The van der Waals surface area contributed by atoms with E-state index in [9.17, 15) is 20.1 Å². The van der Waals surface area contributed by atoms with Crippen LogP contribution in [0.25, 0.3) is 0 Å². The van der Waals surface area contributed by atoms with Crippen molar-refractivity contribution >= 4 is 5.97 Å². The van der Waals surface area contributed by atoms with Gasteiger partial charge in [-0.15, -0.1) is 0 Å². The Morgan fingerprint density at radius 1 is 1.34 bits per heavy atom. The van der Waals surface area contributed by atoms with Crippen LogP contribution in [0.5, 0.6) is 11.5 Å². The fraction of sp³-hybridized carbons (Fsp3) is 0.542. The molecular formula is C24H34O5. The lowest BCUT2D eigenvalue weighted by Gasteiger charge is -2.32. The number of benzene rings is 1. The van der Waals surface area contributed by atoms with E-state index >= 15 is 0 Å². The summed E-state index contributed by atoms with van der Waals surface area (Å²) in [5.74, 6) is -1.11. The number of carbonyl (C=O) groups excluding carboxylic acids is 1. The van der Waals surface area contributed by atoms with Gasteiger partial charge in [0.05, 0.1) is 6.10 Å². The molecule has 3 atom stereocenters. The van der Waals surface area contributed by atoms with Gasteiger partial charge in [0, 0.05) is 11.5 Å². The minimum atomic E-state index is -0.746. The average Bonchev–Trinajstić information content (AvgIpc) is 2.65. The molecule has 160 valence electrons. The van der Waals surface area contributed by atoms with Gasteiger partial charge in [-0.2, -0.15) is 0 Å². The van der Waals surface area contributed by atoms with Crippen molar-refractivity contribution in [2.24, 2.45) is 5.92 Å². The van der Waals surface area contributed by atoms with E-state index < -0.39 is 12.1 Å². The highest BCUT2D eigenvalue weighted by atomic mass is 16.5. The monoisotopic (exact) mass is 402 g/mol. The number of carbonyl (C=O) groups is 1. The molecule has 0 saturated heterocycles. The van der Waals surface area contributed by atoms with Crippen molar-refractivity contribution in [2.75, 3.05) is 6.61 Å². The molecule has 0 saturated carbocycles. The Bertz CT molecular complexity index is 793. The van der Waals surface area contributed by atoms with Gasteiger partial charge in [-0.3, -0.25) is 0 Å². The summed E-state index contributed by atoms with van der Waals surface area (Å²) in [6.45, 7) is 11.7. The van der Waals surface area contributed by atoms with Crippen LogP contribution in [0.2, 0.25) is 0 Å². The first-order valence-electron chi connectivity index (χ1n) is 10.5. The molecule has 29 heavy (non-hydrogen) atoms. The quantitative estimate of drug-likeness (QED) is 0.421. The topological polar surface area (TPSA) is 87.0 Å². The molecule has 0 amide bonds. The third-order valence-electron chi connectivity index (χ3n) is 5.72. The fourth-order valence-corrected chi connectivity index (χ4v) is 4.01. The maximum atomic E-state index is 12.8. The number of aryl methyl sites for hydroxylation is 1. The molecule has 3 unspecified atom stereocenters. The highest BCUT2D eigenvalue weighted by Crippen LogP contribution is 2.48. The van der Waals surface area contributed by atoms with Gasteiger partial charge in [-0.1, -0.05) is 44.1 Å². The van der Waals surface area contributed by atoms with E-state index in [0.29, 0.717) is 24.0 Å². The SMILES string of the molecule is C=C(C)C1CCC(C)=CC1c1c(O)cc(CCC)c(C(=O)OCC(O)CC)c1O. The van der Waals surface area contributed by atoms with Gasteiger partial charge in [0.2, 0.25) is 0 Å². The minimum absolute atomic E-state index is 0.0155. The molecule has 0 spiro atoms. The molecule has 0 radical (unpaired) electrons. The smallest absolute Gasteiger partial charge is 0.342 e. The Morgan fingerprint density at radius 3 is 2.62 bits per heavy atom. The molecule has 2 rings (SSSR count). The first-order valence-corrected chi connectivity index (χ1v) is 10.5.